The van der Waals surface area contributed by atoms with Gasteiger partial charge in [0.1, 0.15) is 5.75 Å². The molecule has 26 heavy (non-hydrogen) atoms. The lowest BCUT2D eigenvalue weighted by atomic mass is 10.2. The number of ether oxygens (including phenoxy) is 1. The third-order valence-corrected chi connectivity index (χ3v) is 4.58. The molecule has 1 aromatic carbocycles. The molecular weight excluding hydrogens is 354 g/mol. The summed E-state index contributed by atoms with van der Waals surface area (Å²) in [5, 5.41) is 13.7. The highest BCUT2D eigenvalue weighted by Gasteiger charge is 2.16. The lowest BCUT2D eigenvalue weighted by molar-refractivity contribution is -0.117. The molecule has 2 aromatic rings. The molecule has 0 atom stereocenters. The zero-order chi connectivity index (χ0) is 18.9. The van der Waals surface area contributed by atoms with E-state index in [1.807, 2.05) is 28.8 Å². The van der Waals surface area contributed by atoms with E-state index >= 15 is 0 Å². The van der Waals surface area contributed by atoms with Gasteiger partial charge in [0.05, 0.1) is 12.9 Å². The number of hydrogen-bond acceptors (Lipinski definition) is 6. The molecule has 0 unspecified atom stereocenters. The van der Waals surface area contributed by atoms with Gasteiger partial charge >= 0.3 is 6.03 Å². The molecule has 2 N–H and O–H groups in total. The predicted molar refractivity (Wildman–Crippen MR) is 100 cm³/mol. The molecular formula is C17H23N5O3S. The van der Waals surface area contributed by atoms with Crippen LogP contribution in [0, 0.1) is 0 Å². The van der Waals surface area contributed by atoms with E-state index in [-0.39, 0.29) is 11.7 Å². The highest BCUT2D eigenvalue weighted by Crippen LogP contribution is 2.26. The summed E-state index contributed by atoms with van der Waals surface area (Å²) in [6, 6.07) is 7.08. The molecule has 2 rings (SSSR count). The highest BCUT2D eigenvalue weighted by molar-refractivity contribution is 7.99. The standard InChI is InChI=1S/C17H23N5O3S/c1-4-5-10-22-15(12-6-8-13(25-3)9-7-12)20-21-17(22)26-11-14(23)19-16(24)18-2/h6-9H,4-5,10-11H2,1-3H3,(H2,18,19,23,24). The summed E-state index contributed by atoms with van der Waals surface area (Å²) in [5.41, 5.74) is 0.927. The number of carbonyl (C=O) groups excluding carboxylic acids is 2. The van der Waals surface area contributed by atoms with E-state index in [9.17, 15) is 9.59 Å². The van der Waals surface area contributed by atoms with Crippen molar-refractivity contribution in [3.05, 3.63) is 24.3 Å². The van der Waals surface area contributed by atoms with Gasteiger partial charge in [0.15, 0.2) is 11.0 Å². The number of hydrogen-bond donors (Lipinski definition) is 2. The minimum atomic E-state index is -0.526. The van der Waals surface area contributed by atoms with Crippen LogP contribution in [-0.2, 0) is 11.3 Å². The first-order chi connectivity index (χ1) is 12.6. The summed E-state index contributed by atoms with van der Waals surface area (Å²) in [4.78, 5) is 23.0. The summed E-state index contributed by atoms with van der Waals surface area (Å²) in [5.74, 6) is 1.22. The van der Waals surface area contributed by atoms with Gasteiger partial charge in [0.25, 0.3) is 0 Å². The lowest BCUT2D eigenvalue weighted by Crippen LogP contribution is -2.38. The van der Waals surface area contributed by atoms with Crippen LogP contribution in [0.5, 0.6) is 5.75 Å². The SMILES string of the molecule is CCCCn1c(SCC(=O)NC(=O)NC)nnc1-c1ccc(OC)cc1. The number of methoxy groups -OCH3 is 1. The Morgan fingerprint density at radius 2 is 1.96 bits per heavy atom. The topological polar surface area (TPSA) is 98.1 Å². The van der Waals surface area contributed by atoms with E-state index in [4.69, 9.17) is 4.74 Å². The average molecular weight is 377 g/mol. The molecule has 0 spiro atoms. The largest absolute Gasteiger partial charge is 0.497 e. The fourth-order valence-electron chi connectivity index (χ4n) is 2.22. The number of carbonyl (C=O) groups is 2. The van der Waals surface area contributed by atoms with Crippen molar-refractivity contribution in [3.8, 4) is 17.1 Å². The smallest absolute Gasteiger partial charge is 0.321 e. The Morgan fingerprint density at radius 1 is 1.23 bits per heavy atom. The summed E-state index contributed by atoms with van der Waals surface area (Å²) >= 11 is 1.25. The minimum Gasteiger partial charge on any atom is -0.497 e. The summed E-state index contributed by atoms with van der Waals surface area (Å²) in [7, 11) is 3.08. The Kier molecular flexibility index (Phi) is 7.46. The number of benzene rings is 1. The van der Waals surface area contributed by atoms with Gasteiger partial charge in [-0.05, 0) is 30.7 Å². The van der Waals surface area contributed by atoms with E-state index in [1.165, 1.54) is 18.8 Å². The van der Waals surface area contributed by atoms with Crippen LogP contribution in [0.1, 0.15) is 19.8 Å². The van der Waals surface area contributed by atoms with Crippen LogP contribution in [0.25, 0.3) is 11.4 Å². The maximum absolute atomic E-state index is 11.8. The normalized spacial score (nSPS) is 10.4. The highest BCUT2D eigenvalue weighted by atomic mass is 32.2. The van der Waals surface area contributed by atoms with Crippen LogP contribution in [-0.4, -0.2) is 46.6 Å². The van der Waals surface area contributed by atoms with Crippen molar-refractivity contribution in [1.29, 1.82) is 0 Å². The molecule has 0 radical (unpaired) electrons. The molecule has 0 bridgehead atoms. The monoisotopic (exact) mass is 377 g/mol. The minimum absolute atomic E-state index is 0.0836. The van der Waals surface area contributed by atoms with Gasteiger partial charge in [-0.3, -0.25) is 10.1 Å². The van der Waals surface area contributed by atoms with Gasteiger partial charge in [0.2, 0.25) is 5.91 Å². The van der Waals surface area contributed by atoms with Gasteiger partial charge in [-0.25, -0.2) is 4.79 Å². The van der Waals surface area contributed by atoms with Gasteiger partial charge in [-0.2, -0.15) is 0 Å². The molecule has 0 aliphatic heterocycles. The Bertz CT molecular complexity index is 745. The van der Waals surface area contributed by atoms with E-state index in [0.717, 1.165) is 36.5 Å². The Morgan fingerprint density at radius 3 is 2.58 bits per heavy atom. The second-order valence-corrected chi connectivity index (χ2v) is 6.40. The van der Waals surface area contributed by atoms with Crippen molar-refractivity contribution in [2.45, 2.75) is 31.5 Å². The molecule has 1 aromatic heterocycles. The molecule has 3 amide bonds. The fourth-order valence-corrected chi connectivity index (χ4v) is 2.99. The van der Waals surface area contributed by atoms with Crippen LogP contribution >= 0.6 is 11.8 Å². The van der Waals surface area contributed by atoms with E-state index < -0.39 is 6.03 Å². The summed E-state index contributed by atoms with van der Waals surface area (Å²) < 4.78 is 7.19. The van der Waals surface area contributed by atoms with Crippen molar-refractivity contribution in [2.75, 3.05) is 19.9 Å². The lowest BCUT2D eigenvalue weighted by Gasteiger charge is -2.10. The first-order valence-electron chi connectivity index (χ1n) is 8.31. The number of nitrogens with zero attached hydrogens (tertiary/aromatic N) is 3. The van der Waals surface area contributed by atoms with Gasteiger partial charge in [-0.15, -0.1) is 10.2 Å². The molecule has 1 heterocycles. The number of rotatable bonds is 8. The zero-order valence-corrected chi connectivity index (χ0v) is 15.9. The Balaban J connectivity index is 2.16. The maximum atomic E-state index is 11.8. The van der Waals surface area contributed by atoms with Crippen LogP contribution in [0.4, 0.5) is 4.79 Å². The summed E-state index contributed by atoms with van der Waals surface area (Å²) in [6.45, 7) is 2.87. The van der Waals surface area contributed by atoms with Crippen LogP contribution in [0.15, 0.2) is 29.4 Å². The third kappa shape index (κ3) is 5.22. The molecule has 0 saturated heterocycles. The van der Waals surface area contributed by atoms with Gasteiger partial charge in [-0.1, -0.05) is 25.1 Å². The van der Waals surface area contributed by atoms with Crippen LogP contribution < -0.4 is 15.4 Å². The van der Waals surface area contributed by atoms with Crippen molar-refractivity contribution >= 4 is 23.7 Å². The average Bonchev–Trinajstić information content (AvgIpc) is 3.07. The van der Waals surface area contributed by atoms with E-state index in [1.54, 1.807) is 7.11 Å². The summed E-state index contributed by atoms with van der Waals surface area (Å²) in [6.07, 6.45) is 2.00. The number of aromatic nitrogens is 3. The van der Waals surface area contributed by atoms with E-state index in [2.05, 4.69) is 27.8 Å². The number of nitrogens with one attached hydrogen (secondary N) is 2. The number of imide groups is 1. The van der Waals surface area contributed by atoms with Crippen molar-refractivity contribution in [2.24, 2.45) is 0 Å². The van der Waals surface area contributed by atoms with Gasteiger partial charge < -0.3 is 14.6 Å². The molecule has 140 valence electrons. The molecule has 8 nitrogen and oxygen atoms in total. The first kappa shape index (κ1) is 19.8. The first-order valence-corrected chi connectivity index (χ1v) is 9.29. The van der Waals surface area contributed by atoms with Crippen molar-refractivity contribution < 1.29 is 14.3 Å². The van der Waals surface area contributed by atoms with Crippen LogP contribution in [0.2, 0.25) is 0 Å². The Labute approximate surface area is 156 Å². The second kappa shape index (κ2) is 9.81. The zero-order valence-electron chi connectivity index (χ0n) is 15.1. The van der Waals surface area contributed by atoms with Crippen molar-refractivity contribution in [3.63, 3.8) is 0 Å². The molecule has 0 aliphatic carbocycles. The fraction of sp³-hybridized carbons (Fsp3) is 0.412. The second-order valence-electron chi connectivity index (χ2n) is 5.46. The molecule has 0 aliphatic rings. The molecule has 9 heteroatoms. The van der Waals surface area contributed by atoms with Gasteiger partial charge in [0, 0.05) is 19.2 Å². The Hall–Kier alpha value is -2.55. The molecule has 0 fully saturated rings. The number of thioether (sulfide) groups is 1. The number of unbranched alkanes of at least 4 members (excludes halogenated alkanes) is 1. The maximum Gasteiger partial charge on any atom is 0.321 e. The quantitative estimate of drug-likeness (QED) is 0.685. The molecule has 0 saturated carbocycles. The number of urea groups is 1. The third-order valence-electron chi connectivity index (χ3n) is 3.61. The van der Waals surface area contributed by atoms with E-state index in [0.29, 0.717) is 5.16 Å². The number of amides is 3. The predicted octanol–water partition coefficient (Wildman–Crippen LogP) is 2.30. The van der Waals surface area contributed by atoms with Crippen molar-refractivity contribution in [1.82, 2.24) is 25.4 Å². The van der Waals surface area contributed by atoms with Crippen LogP contribution in [0.3, 0.4) is 0 Å².